The van der Waals surface area contributed by atoms with Gasteiger partial charge in [-0.05, 0) is 30.4 Å². The third-order valence-corrected chi connectivity index (χ3v) is 6.87. The van der Waals surface area contributed by atoms with Gasteiger partial charge in [0.15, 0.2) is 0 Å². The van der Waals surface area contributed by atoms with Crippen LogP contribution in [0.3, 0.4) is 0 Å². The number of thiophene rings is 1. The van der Waals surface area contributed by atoms with E-state index in [0.29, 0.717) is 17.0 Å². The van der Waals surface area contributed by atoms with Crippen LogP contribution in [0.25, 0.3) is 21.3 Å². The number of pyridine rings is 1. The second-order valence-electron chi connectivity index (χ2n) is 8.15. The minimum Gasteiger partial charge on any atom is -0.365 e. The molecular formula is C20H16F3N9O6S. The molecule has 0 fully saturated rings. The number of aryl methyl sites for hydroxylation is 1. The van der Waals surface area contributed by atoms with Gasteiger partial charge in [0.1, 0.15) is 27.6 Å². The number of nitrogens with one attached hydrogen (secondary N) is 1. The van der Waals surface area contributed by atoms with E-state index in [1.807, 2.05) is 0 Å². The Morgan fingerprint density at radius 2 is 1.82 bits per heavy atom. The van der Waals surface area contributed by atoms with Crippen molar-refractivity contribution in [1.29, 1.82) is 0 Å². The third-order valence-electron chi connectivity index (χ3n) is 5.77. The van der Waals surface area contributed by atoms with Gasteiger partial charge in [-0.3, -0.25) is 24.4 Å². The van der Waals surface area contributed by atoms with Gasteiger partial charge in [-0.2, -0.15) is 23.0 Å². The lowest BCUT2D eigenvalue weighted by molar-refractivity contribution is -0.424. The van der Waals surface area contributed by atoms with Crippen LogP contribution in [0.2, 0.25) is 0 Å². The number of primary amides is 1. The van der Waals surface area contributed by atoms with E-state index in [-0.39, 0.29) is 37.6 Å². The van der Waals surface area contributed by atoms with E-state index in [4.69, 9.17) is 5.73 Å². The van der Waals surface area contributed by atoms with E-state index in [9.17, 15) is 43.0 Å². The highest BCUT2D eigenvalue weighted by molar-refractivity contribution is 7.21. The van der Waals surface area contributed by atoms with E-state index < -0.39 is 51.6 Å². The van der Waals surface area contributed by atoms with E-state index in [1.54, 1.807) is 14.0 Å². The average Bonchev–Trinajstić information content (AvgIpc) is 3.47. The number of carbonyl (C=O) groups excluding carboxylic acids is 2. The molecule has 2 amide bonds. The number of hydrogen-bond acceptors (Lipinski definition) is 10. The van der Waals surface area contributed by atoms with Gasteiger partial charge < -0.3 is 21.2 Å². The second-order valence-corrected chi connectivity index (χ2v) is 9.15. The van der Waals surface area contributed by atoms with Crippen molar-refractivity contribution >= 4 is 50.6 Å². The Morgan fingerprint density at radius 1 is 1.15 bits per heavy atom. The maximum absolute atomic E-state index is 13.7. The molecule has 39 heavy (non-hydrogen) atoms. The summed E-state index contributed by atoms with van der Waals surface area (Å²) >= 11 is 0.521. The van der Waals surface area contributed by atoms with Gasteiger partial charge in [0.25, 0.3) is 5.91 Å². The van der Waals surface area contributed by atoms with Gasteiger partial charge in [0, 0.05) is 23.7 Å². The molecule has 0 bridgehead atoms. The molecule has 0 aliphatic carbocycles. The zero-order valence-corrected chi connectivity index (χ0v) is 20.9. The van der Waals surface area contributed by atoms with Gasteiger partial charge >= 0.3 is 17.7 Å². The molecule has 0 saturated heterocycles. The molecule has 4 aromatic heterocycles. The van der Waals surface area contributed by atoms with Crippen LogP contribution in [-0.4, -0.2) is 46.2 Å². The highest BCUT2D eigenvalue weighted by atomic mass is 32.1. The zero-order valence-electron chi connectivity index (χ0n) is 20.1. The molecule has 0 aliphatic rings. The number of amides is 2. The van der Waals surface area contributed by atoms with Crippen molar-refractivity contribution in [1.82, 2.24) is 24.5 Å². The number of rotatable bonds is 7. The van der Waals surface area contributed by atoms with Crippen LogP contribution >= 0.6 is 11.3 Å². The molecule has 0 radical (unpaired) electrons. The molecule has 0 aliphatic heterocycles. The molecule has 4 aromatic rings. The maximum atomic E-state index is 13.7. The Kier molecular flexibility index (Phi) is 6.55. The molecule has 0 atom stereocenters. The average molecular weight is 567 g/mol. The number of nitrogens with two attached hydrogens (primary N) is 1. The smallest absolute Gasteiger partial charge is 0.365 e. The molecule has 19 heteroatoms. The standard InChI is InChI=1S/C20H16F3N9O6S/c1-7-10(5-25-29(7)3)9-4-11(20(21,22)23)26-19-13(9)14(16(39-19)17(24)34)27-12(33)6-30-8(2)15(31(35)36)18(28-30)32(37)38/h4-5H,6H2,1-3H3,(H2,24,34)(H,27,33). The largest absolute Gasteiger partial charge is 0.468 e. The van der Waals surface area contributed by atoms with E-state index in [1.165, 1.54) is 10.9 Å². The molecule has 0 aromatic carbocycles. The third kappa shape index (κ3) is 4.74. The first kappa shape index (κ1) is 27.1. The quantitative estimate of drug-likeness (QED) is 0.248. The lowest BCUT2D eigenvalue weighted by Gasteiger charge is -2.12. The summed E-state index contributed by atoms with van der Waals surface area (Å²) in [5.41, 5.74) is 3.42. The van der Waals surface area contributed by atoms with Crippen molar-refractivity contribution in [3.05, 3.63) is 54.5 Å². The number of nitrogens with zero attached hydrogens (tertiary/aromatic N) is 7. The Hall–Kier alpha value is -4.94. The summed E-state index contributed by atoms with van der Waals surface area (Å²) in [6, 6.07) is 0.754. The summed E-state index contributed by atoms with van der Waals surface area (Å²) < 4.78 is 43.2. The lowest BCUT2D eigenvalue weighted by atomic mass is 10.0. The van der Waals surface area contributed by atoms with Crippen LogP contribution in [0, 0.1) is 34.1 Å². The first-order chi connectivity index (χ1) is 18.1. The maximum Gasteiger partial charge on any atom is 0.468 e. The molecule has 4 heterocycles. The van der Waals surface area contributed by atoms with Crippen molar-refractivity contribution in [3.8, 4) is 11.1 Å². The Labute approximate surface area is 218 Å². The van der Waals surface area contributed by atoms with Gasteiger partial charge in [-0.15, -0.1) is 11.3 Å². The molecular weight excluding hydrogens is 551 g/mol. The Bertz CT molecular complexity index is 1700. The molecule has 0 saturated carbocycles. The summed E-state index contributed by atoms with van der Waals surface area (Å²) in [6.45, 7) is 1.97. The second kappa shape index (κ2) is 9.42. The number of hydrogen-bond donors (Lipinski definition) is 2. The first-order valence-corrected chi connectivity index (χ1v) is 11.4. The minimum absolute atomic E-state index is 0.0274. The van der Waals surface area contributed by atoms with E-state index in [2.05, 4.69) is 20.5 Å². The lowest BCUT2D eigenvalue weighted by Crippen LogP contribution is -2.22. The fraction of sp³-hybridized carbons (Fsp3) is 0.250. The SMILES string of the molecule is Cc1c(-c2cc(C(F)(F)F)nc3sc(C(N)=O)c(NC(=O)Cn4nc([N+](=O)[O-])c([N+](=O)[O-])c4C)c23)cnn1C. The monoisotopic (exact) mass is 567 g/mol. The molecule has 0 unspecified atom stereocenters. The van der Waals surface area contributed by atoms with Crippen molar-refractivity contribution in [2.75, 3.05) is 5.32 Å². The number of nitro groups is 2. The predicted molar refractivity (Wildman–Crippen MR) is 129 cm³/mol. The summed E-state index contributed by atoms with van der Waals surface area (Å²) in [6.07, 6.45) is -3.54. The highest BCUT2D eigenvalue weighted by Gasteiger charge is 2.37. The van der Waals surface area contributed by atoms with Crippen LogP contribution in [0.5, 0.6) is 0 Å². The van der Waals surface area contributed by atoms with Crippen LogP contribution < -0.4 is 11.1 Å². The zero-order chi connectivity index (χ0) is 29.0. The predicted octanol–water partition coefficient (Wildman–Crippen LogP) is 3.08. The molecule has 3 N–H and O–H groups in total. The van der Waals surface area contributed by atoms with Crippen LogP contribution in [0.15, 0.2) is 12.3 Å². The van der Waals surface area contributed by atoms with Gasteiger partial charge in [0.2, 0.25) is 5.91 Å². The number of anilines is 1. The number of aromatic nitrogens is 5. The van der Waals surface area contributed by atoms with Crippen molar-refractivity contribution in [3.63, 3.8) is 0 Å². The fourth-order valence-corrected chi connectivity index (χ4v) is 4.85. The van der Waals surface area contributed by atoms with Gasteiger partial charge in [-0.1, -0.05) is 0 Å². The minimum atomic E-state index is -4.85. The van der Waals surface area contributed by atoms with Crippen LogP contribution in [0.4, 0.5) is 30.4 Å². The Balaban J connectivity index is 1.88. The normalized spacial score (nSPS) is 11.6. The van der Waals surface area contributed by atoms with E-state index in [0.717, 1.165) is 17.7 Å². The number of halogens is 3. The fourth-order valence-electron chi connectivity index (χ4n) is 3.84. The van der Waals surface area contributed by atoms with Crippen molar-refractivity contribution in [2.45, 2.75) is 26.6 Å². The summed E-state index contributed by atoms with van der Waals surface area (Å²) in [7, 11) is 1.57. The van der Waals surface area contributed by atoms with Crippen LogP contribution in [-0.2, 0) is 24.6 Å². The van der Waals surface area contributed by atoms with Crippen molar-refractivity contribution in [2.24, 2.45) is 12.8 Å². The topological polar surface area (TPSA) is 207 Å². The Morgan fingerprint density at radius 3 is 2.31 bits per heavy atom. The number of carbonyl (C=O) groups is 2. The van der Waals surface area contributed by atoms with E-state index >= 15 is 0 Å². The molecule has 4 rings (SSSR count). The summed E-state index contributed by atoms with van der Waals surface area (Å²) in [4.78, 5) is 48.6. The van der Waals surface area contributed by atoms with Gasteiger partial charge in [0.05, 0.1) is 21.9 Å². The summed E-state index contributed by atoms with van der Waals surface area (Å²) in [5, 5.41) is 32.4. The van der Waals surface area contributed by atoms with Crippen LogP contribution in [0.1, 0.15) is 26.8 Å². The summed E-state index contributed by atoms with van der Waals surface area (Å²) in [5.74, 6) is -3.11. The molecule has 15 nitrogen and oxygen atoms in total. The molecule has 204 valence electrons. The molecule has 0 spiro atoms. The number of fused-ring (bicyclic) bond motifs is 1. The first-order valence-electron chi connectivity index (χ1n) is 10.6. The van der Waals surface area contributed by atoms with Crippen molar-refractivity contribution < 1.29 is 32.6 Å². The highest BCUT2D eigenvalue weighted by Crippen LogP contribution is 2.44. The number of alkyl halides is 3. The van der Waals surface area contributed by atoms with Gasteiger partial charge in [-0.25, -0.2) is 4.98 Å².